The molecule has 7 nitrogen and oxygen atoms in total. The molecule has 2 N–H and O–H groups in total. The molecule has 0 spiro atoms. The number of methoxy groups -OCH3 is 1. The topological polar surface area (TPSA) is 81.2 Å². The van der Waals surface area contributed by atoms with Gasteiger partial charge in [-0.25, -0.2) is 0 Å². The number of hydrogen-bond acceptors (Lipinski definition) is 4. The van der Waals surface area contributed by atoms with Crippen molar-refractivity contribution in [2.24, 2.45) is 0 Å². The van der Waals surface area contributed by atoms with Crippen molar-refractivity contribution in [3.8, 4) is 5.75 Å². The quantitative estimate of drug-likeness (QED) is 0.765. The summed E-state index contributed by atoms with van der Waals surface area (Å²) in [6, 6.07) is 7.82. The van der Waals surface area contributed by atoms with E-state index in [1.807, 2.05) is 35.1 Å². The SMILES string of the molecule is COc1ccc2cc(C(=O)Nc3cnn(C4CCOCC4)c3)[nH]c2c1. The summed E-state index contributed by atoms with van der Waals surface area (Å²) in [6.45, 7) is 1.51. The molecule has 0 saturated carbocycles. The largest absolute Gasteiger partial charge is 0.497 e. The lowest BCUT2D eigenvalue weighted by Crippen LogP contribution is -2.19. The number of hydrogen-bond donors (Lipinski definition) is 2. The van der Waals surface area contributed by atoms with Crippen LogP contribution in [0, 0.1) is 0 Å². The number of amides is 1. The molecule has 4 rings (SSSR count). The van der Waals surface area contributed by atoms with Gasteiger partial charge in [0.05, 0.1) is 25.0 Å². The fourth-order valence-electron chi connectivity index (χ4n) is 3.11. The third-order valence-corrected chi connectivity index (χ3v) is 4.50. The van der Waals surface area contributed by atoms with Crippen LogP contribution in [0.15, 0.2) is 36.7 Å². The fraction of sp³-hybridized carbons (Fsp3) is 0.333. The number of nitrogens with zero attached hydrogens (tertiary/aromatic N) is 2. The number of benzene rings is 1. The molecule has 0 atom stereocenters. The molecule has 1 amide bonds. The second-order valence-electron chi connectivity index (χ2n) is 6.14. The standard InChI is InChI=1S/C18H20N4O3/c1-24-15-3-2-12-8-17(21-16(12)9-15)18(23)20-13-10-19-22(11-13)14-4-6-25-7-5-14/h2-3,8-11,14,21H,4-7H2,1H3,(H,20,23). The molecule has 3 heterocycles. The van der Waals surface area contributed by atoms with E-state index in [1.54, 1.807) is 13.3 Å². The molecule has 130 valence electrons. The van der Waals surface area contributed by atoms with Crippen molar-refractivity contribution in [2.45, 2.75) is 18.9 Å². The second-order valence-corrected chi connectivity index (χ2v) is 6.14. The maximum atomic E-state index is 12.5. The van der Waals surface area contributed by atoms with Gasteiger partial charge in [0.1, 0.15) is 11.4 Å². The molecule has 3 aromatic rings. The Hall–Kier alpha value is -2.80. The van der Waals surface area contributed by atoms with Crippen molar-refractivity contribution in [2.75, 3.05) is 25.6 Å². The Kier molecular flexibility index (Phi) is 4.15. The zero-order valence-corrected chi connectivity index (χ0v) is 14.0. The van der Waals surface area contributed by atoms with Crippen molar-refractivity contribution in [1.29, 1.82) is 0 Å². The average molecular weight is 340 g/mol. The van der Waals surface area contributed by atoms with Crippen LogP contribution in [-0.4, -0.2) is 41.0 Å². The van der Waals surface area contributed by atoms with Gasteiger partial charge in [-0.3, -0.25) is 9.48 Å². The molecule has 0 bridgehead atoms. The number of aromatic amines is 1. The highest BCUT2D eigenvalue weighted by Gasteiger charge is 2.17. The smallest absolute Gasteiger partial charge is 0.272 e. The third-order valence-electron chi connectivity index (χ3n) is 4.50. The van der Waals surface area contributed by atoms with Crippen molar-refractivity contribution in [3.05, 3.63) is 42.4 Å². The Bertz CT molecular complexity index is 893. The first-order chi connectivity index (χ1) is 12.2. The number of carbonyl (C=O) groups excluding carboxylic acids is 1. The molecule has 1 saturated heterocycles. The molecule has 1 aromatic carbocycles. The molecule has 1 aliphatic heterocycles. The van der Waals surface area contributed by atoms with E-state index in [1.165, 1.54) is 0 Å². The van der Waals surface area contributed by atoms with Gasteiger partial charge in [0, 0.05) is 36.4 Å². The number of H-pyrrole nitrogens is 1. The maximum Gasteiger partial charge on any atom is 0.272 e. The van der Waals surface area contributed by atoms with Crippen molar-refractivity contribution in [1.82, 2.24) is 14.8 Å². The van der Waals surface area contributed by atoms with Crippen LogP contribution >= 0.6 is 0 Å². The van der Waals surface area contributed by atoms with Gasteiger partial charge >= 0.3 is 0 Å². The van der Waals surface area contributed by atoms with Crippen LogP contribution < -0.4 is 10.1 Å². The highest BCUT2D eigenvalue weighted by molar-refractivity contribution is 6.05. The van der Waals surface area contributed by atoms with Crippen LogP contribution in [-0.2, 0) is 4.74 Å². The number of nitrogens with one attached hydrogen (secondary N) is 2. The summed E-state index contributed by atoms with van der Waals surface area (Å²) >= 11 is 0. The Morgan fingerprint density at radius 1 is 1.36 bits per heavy atom. The highest BCUT2D eigenvalue weighted by Crippen LogP contribution is 2.23. The van der Waals surface area contributed by atoms with Crippen LogP contribution in [0.4, 0.5) is 5.69 Å². The Morgan fingerprint density at radius 2 is 2.20 bits per heavy atom. The molecular weight excluding hydrogens is 320 g/mol. The molecule has 1 aliphatic rings. The Labute approximate surface area is 144 Å². The van der Waals surface area contributed by atoms with Crippen LogP contribution in [0.1, 0.15) is 29.4 Å². The number of ether oxygens (including phenoxy) is 2. The van der Waals surface area contributed by atoms with Crippen LogP contribution in [0.3, 0.4) is 0 Å². The molecule has 25 heavy (non-hydrogen) atoms. The van der Waals surface area contributed by atoms with Crippen LogP contribution in [0.25, 0.3) is 10.9 Å². The zero-order chi connectivity index (χ0) is 17.2. The average Bonchev–Trinajstić information content (AvgIpc) is 3.28. The predicted molar refractivity (Wildman–Crippen MR) is 94.1 cm³/mol. The highest BCUT2D eigenvalue weighted by atomic mass is 16.5. The van der Waals surface area contributed by atoms with Crippen molar-refractivity contribution < 1.29 is 14.3 Å². The van der Waals surface area contributed by atoms with E-state index in [2.05, 4.69) is 15.4 Å². The monoisotopic (exact) mass is 340 g/mol. The number of carbonyl (C=O) groups is 1. The molecule has 7 heteroatoms. The molecular formula is C18H20N4O3. The predicted octanol–water partition coefficient (Wildman–Crippen LogP) is 2.98. The summed E-state index contributed by atoms with van der Waals surface area (Å²) in [6.07, 6.45) is 5.44. The van der Waals surface area contributed by atoms with Gasteiger partial charge in [-0.15, -0.1) is 0 Å². The molecule has 0 unspecified atom stereocenters. The van der Waals surface area contributed by atoms with E-state index in [0.717, 1.165) is 42.7 Å². The number of rotatable bonds is 4. The summed E-state index contributed by atoms with van der Waals surface area (Å²) < 4.78 is 12.5. The summed E-state index contributed by atoms with van der Waals surface area (Å²) in [5.41, 5.74) is 2.05. The van der Waals surface area contributed by atoms with E-state index in [4.69, 9.17) is 9.47 Å². The van der Waals surface area contributed by atoms with E-state index in [-0.39, 0.29) is 5.91 Å². The number of fused-ring (bicyclic) bond motifs is 1. The fourth-order valence-corrected chi connectivity index (χ4v) is 3.11. The molecule has 0 aliphatic carbocycles. The minimum Gasteiger partial charge on any atom is -0.497 e. The van der Waals surface area contributed by atoms with E-state index < -0.39 is 0 Å². The summed E-state index contributed by atoms with van der Waals surface area (Å²) in [5, 5.41) is 8.22. The van der Waals surface area contributed by atoms with Gasteiger partial charge in [0.15, 0.2) is 0 Å². The van der Waals surface area contributed by atoms with Crippen molar-refractivity contribution >= 4 is 22.5 Å². The van der Waals surface area contributed by atoms with Gasteiger partial charge < -0.3 is 19.8 Å². The molecule has 1 fully saturated rings. The minimum absolute atomic E-state index is 0.193. The number of aromatic nitrogens is 3. The van der Waals surface area contributed by atoms with Crippen molar-refractivity contribution in [3.63, 3.8) is 0 Å². The van der Waals surface area contributed by atoms with E-state index in [0.29, 0.717) is 17.4 Å². The van der Waals surface area contributed by atoms with E-state index >= 15 is 0 Å². The summed E-state index contributed by atoms with van der Waals surface area (Å²) in [7, 11) is 1.62. The number of anilines is 1. The maximum absolute atomic E-state index is 12.5. The van der Waals surface area contributed by atoms with Gasteiger partial charge in [-0.2, -0.15) is 5.10 Å². The lowest BCUT2D eigenvalue weighted by atomic mass is 10.1. The normalized spacial score (nSPS) is 15.4. The lowest BCUT2D eigenvalue weighted by Gasteiger charge is -2.22. The molecule has 0 radical (unpaired) electrons. The van der Waals surface area contributed by atoms with E-state index in [9.17, 15) is 4.79 Å². The summed E-state index contributed by atoms with van der Waals surface area (Å²) in [5.74, 6) is 0.556. The first-order valence-electron chi connectivity index (χ1n) is 8.33. The van der Waals surface area contributed by atoms with Gasteiger partial charge in [0.25, 0.3) is 5.91 Å². The Balaban J connectivity index is 1.49. The first-order valence-corrected chi connectivity index (χ1v) is 8.33. The van der Waals surface area contributed by atoms with Gasteiger partial charge in [0.2, 0.25) is 0 Å². The van der Waals surface area contributed by atoms with Gasteiger partial charge in [-0.05, 0) is 31.0 Å². The second kappa shape index (κ2) is 6.60. The Morgan fingerprint density at radius 3 is 3.00 bits per heavy atom. The minimum atomic E-state index is -0.193. The van der Waals surface area contributed by atoms with Crippen LogP contribution in [0.5, 0.6) is 5.75 Å². The summed E-state index contributed by atoms with van der Waals surface area (Å²) in [4.78, 5) is 15.6. The third kappa shape index (κ3) is 3.23. The molecule has 2 aromatic heterocycles. The lowest BCUT2D eigenvalue weighted by molar-refractivity contribution is 0.0662. The van der Waals surface area contributed by atoms with Crippen LogP contribution in [0.2, 0.25) is 0 Å². The zero-order valence-electron chi connectivity index (χ0n) is 14.0. The first kappa shape index (κ1) is 15.7. The van der Waals surface area contributed by atoms with Gasteiger partial charge in [-0.1, -0.05) is 0 Å².